The van der Waals surface area contributed by atoms with E-state index in [4.69, 9.17) is 5.73 Å². The van der Waals surface area contributed by atoms with Crippen LogP contribution in [0.3, 0.4) is 0 Å². The van der Waals surface area contributed by atoms with Crippen molar-refractivity contribution in [1.29, 1.82) is 0 Å². The maximum absolute atomic E-state index is 5.93. The minimum Gasteiger partial charge on any atom is -0.382 e. The zero-order valence-corrected chi connectivity index (χ0v) is 9.99. The predicted octanol–water partition coefficient (Wildman–Crippen LogP) is 1.77. The van der Waals surface area contributed by atoms with Crippen LogP contribution in [0, 0.1) is 0 Å². The van der Waals surface area contributed by atoms with Crippen molar-refractivity contribution in [2.75, 3.05) is 5.73 Å². The molecule has 0 fully saturated rings. The number of hydrogen-bond acceptors (Lipinski definition) is 3. The third-order valence-electron chi connectivity index (χ3n) is 3.08. The number of fused-ring (bicyclic) bond motifs is 1. The van der Waals surface area contributed by atoms with Gasteiger partial charge >= 0.3 is 0 Å². The second-order valence-corrected chi connectivity index (χ2v) is 4.85. The fourth-order valence-corrected chi connectivity index (χ4v) is 2.11. The Kier molecular flexibility index (Phi) is 2.46. The maximum atomic E-state index is 5.93. The van der Waals surface area contributed by atoms with Crippen molar-refractivity contribution in [1.82, 2.24) is 14.7 Å². The molecule has 2 rings (SSSR count). The monoisotopic (exact) mass is 208 g/mol. The number of aromatic nitrogens is 2. The Hall–Kier alpha value is -1.03. The molecule has 1 aliphatic rings. The fourth-order valence-electron chi connectivity index (χ4n) is 2.11. The summed E-state index contributed by atoms with van der Waals surface area (Å²) in [7, 11) is 0. The molecule has 4 heteroatoms. The molecule has 0 radical (unpaired) electrons. The highest BCUT2D eigenvalue weighted by Crippen LogP contribution is 2.30. The lowest BCUT2D eigenvalue weighted by Gasteiger charge is -2.20. The normalized spacial score (nSPS) is 16.7. The predicted molar refractivity (Wildman–Crippen MR) is 61.4 cm³/mol. The number of nitrogen functional groups attached to an aromatic ring is 1. The first-order valence-corrected chi connectivity index (χ1v) is 5.60. The topological polar surface area (TPSA) is 47.1 Å². The molecule has 2 N–H and O–H groups in total. The van der Waals surface area contributed by atoms with E-state index in [1.165, 1.54) is 11.3 Å². The van der Waals surface area contributed by atoms with Crippen LogP contribution in [0.1, 0.15) is 45.0 Å². The van der Waals surface area contributed by atoms with Gasteiger partial charge in [-0.05, 0) is 27.7 Å². The van der Waals surface area contributed by atoms with Crippen LogP contribution in [0.5, 0.6) is 0 Å². The lowest BCUT2D eigenvalue weighted by molar-refractivity contribution is 0.221. The van der Waals surface area contributed by atoms with E-state index in [-0.39, 0.29) is 0 Å². The van der Waals surface area contributed by atoms with Gasteiger partial charge in [-0.15, -0.1) is 0 Å². The van der Waals surface area contributed by atoms with E-state index < -0.39 is 0 Å². The molecule has 0 atom stereocenters. The molecular formula is C11H20N4. The molecule has 0 spiro atoms. The van der Waals surface area contributed by atoms with Gasteiger partial charge in [-0.25, -0.2) is 0 Å². The number of hydrogen-bond donors (Lipinski definition) is 1. The van der Waals surface area contributed by atoms with Crippen molar-refractivity contribution in [2.45, 2.75) is 52.9 Å². The highest BCUT2D eigenvalue weighted by atomic mass is 15.4. The van der Waals surface area contributed by atoms with E-state index >= 15 is 0 Å². The minimum atomic E-state index is 0.392. The summed E-state index contributed by atoms with van der Waals surface area (Å²) in [6, 6.07) is 0.959. The Labute approximate surface area is 91.1 Å². The molecule has 1 aliphatic heterocycles. The second kappa shape index (κ2) is 3.52. The van der Waals surface area contributed by atoms with Gasteiger partial charge in [0.25, 0.3) is 0 Å². The molecule has 15 heavy (non-hydrogen) atoms. The van der Waals surface area contributed by atoms with Gasteiger partial charge in [0.2, 0.25) is 0 Å². The van der Waals surface area contributed by atoms with Crippen LogP contribution >= 0.6 is 0 Å². The van der Waals surface area contributed by atoms with Gasteiger partial charge in [0, 0.05) is 30.7 Å². The van der Waals surface area contributed by atoms with Gasteiger partial charge in [0.05, 0.1) is 5.69 Å². The third kappa shape index (κ3) is 1.63. The summed E-state index contributed by atoms with van der Waals surface area (Å²) in [5, 5.41) is 4.39. The molecule has 0 aliphatic carbocycles. The van der Waals surface area contributed by atoms with Crippen LogP contribution in [0.15, 0.2) is 0 Å². The SMILES string of the molecule is CC(C)N1Cc2c(N)nn(C(C)C)c2C1. The zero-order valence-electron chi connectivity index (χ0n) is 9.99. The van der Waals surface area contributed by atoms with Crippen LogP contribution in [-0.2, 0) is 13.1 Å². The van der Waals surface area contributed by atoms with Crippen LogP contribution < -0.4 is 5.73 Å². The number of nitrogens with zero attached hydrogens (tertiary/aromatic N) is 3. The van der Waals surface area contributed by atoms with Gasteiger partial charge < -0.3 is 5.73 Å². The van der Waals surface area contributed by atoms with E-state index in [1.807, 2.05) is 0 Å². The Morgan fingerprint density at radius 1 is 1.13 bits per heavy atom. The Balaban J connectivity index is 2.33. The van der Waals surface area contributed by atoms with Crippen molar-refractivity contribution in [3.63, 3.8) is 0 Å². The van der Waals surface area contributed by atoms with Crippen molar-refractivity contribution in [2.24, 2.45) is 0 Å². The molecule has 84 valence electrons. The molecule has 0 saturated carbocycles. The smallest absolute Gasteiger partial charge is 0.150 e. The molecule has 0 bridgehead atoms. The van der Waals surface area contributed by atoms with Gasteiger partial charge in [-0.3, -0.25) is 9.58 Å². The summed E-state index contributed by atoms with van der Waals surface area (Å²) in [4.78, 5) is 2.42. The Bertz CT molecular complexity index is 365. The summed E-state index contributed by atoms with van der Waals surface area (Å²) < 4.78 is 2.06. The molecule has 2 heterocycles. The summed E-state index contributed by atoms with van der Waals surface area (Å²) in [6.45, 7) is 10.7. The van der Waals surface area contributed by atoms with Gasteiger partial charge in [-0.2, -0.15) is 5.10 Å². The van der Waals surface area contributed by atoms with Crippen molar-refractivity contribution < 1.29 is 0 Å². The van der Waals surface area contributed by atoms with Crippen LogP contribution in [0.25, 0.3) is 0 Å². The molecule has 0 amide bonds. The van der Waals surface area contributed by atoms with Crippen LogP contribution in [-0.4, -0.2) is 20.7 Å². The van der Waals surface area contributed by atoms with E-state index in [2.05, 4.69) is 42.4 Å². The Morgan fingerprint density at radius 3 is 2.33 bits per heavy atom. The van der Waals surface area contributed by atoms with E-state index in [0.717, 1.165) is 13.1 Å². The van der Waals surface area contributed by atoms with Crippen molar-refractivity contribution in [3.8, 4) is 0 Å². The quantitative estimate of drug-likeness (QED) is 0.805. The zero-order chi connectivity index (χ0) is 11.2. The third-order valence-corrected chi connectivity index (χ3v) is 3.08. The van der Waals surface area contributed by atoms with Crippen LogP contribution in [0.2, 0.25) is 0 Å². The maximum Gasteiger partial charge on any atom is 0.150 e. The summed E-state index contributed by atoms with van der Waals surface area (Å²) in [5.41, 5.74) is 8.47. The first kappa shape index (κ1) is 10.5. The average Bonchev–Trinajstić information content (AvgIpc) is 2.66. The van der Waals surface area contributed by atoms with Gasteiger partial charge in [0.1, 0.15) is 5.82 Å². The highest BCUT2D eigenvalue weighted by molar-refractivity contribution is 5.45. The molecular weight excluding hydrogens is 188 g/mol. The number of rotatable bonds is 2. The largest absolute Gasteiger partial charge is 0.382 e. The fraction of sp³-hybridized carbons (Fsp3) is 0.727. The minimum absolute atomic E-state index is 0.392. The van der Waals surface area contributed by atoms with Gasteiger partial charge in [-0.1, -0.05) is 0 Å². The first-order chi connectivity index (χ1) is 7.00. The van der Waals surface area contributed by atoms with Crippen molar-refractivity contribution >= 4 is 5.82 Å². The van der Waals surface area contributed by atoms with E-state index in [0.29, 0.717) is 17.9 Å². The van der Waals surface area contributed by atoms with E-state index in [1.54, 1.807) is 0 Å². The molecule has 1 aromatic heterocycles. The summed E-state index contributed by atoms with van der Waals surface area (Å²) in [6.07, 6.45) is 0. The molecule has 0 unspecified atom stereocenters. The average molecular weight is 208 g/mol. The highest BCUT2D eigenvalue weighted by Gasteiger charge is 2.28. The van der Waals surface area contributed by atoms with Crippen LogP contribution in [0.4, 0.5) is 5.82 Å². The second-order valence-electron chi connectivity index (χ2n) is 4.85. The van der Waals surface area contributed by atoms with Crippen molar-refractivity contribution in [3.05, 3.63) is 11.3 Å². The molecule has 0 aromatic carbocycles. The summed E-state index contributed by atoms with van der Waals surface area (Å²) >= 11 is 0. The molecule has 1 aromatic rings. The standard InChI is InChI=1S/C11H20N4/c1-7(2)14-5-9-10(6-14)15(8(3)4)13-11(9)12/h7-8H,5-6H2,1-4H3,(H2,12,13). The number of nitrogens with two attached hydrogens (primary N) is 1. The van der Waals surface area contributed by atoms with Gasteiger partial charge in [0.15, 0.2) is 0 Å². The summed E-state index contributed by atoms with van der Waals surface area (Å²) in [5.74, 6) is 0.710. The molecule has 4 nitrogen and oxygen atoms in total. The first-order valence-electron chi connectivity index (χ1n) is 5.60. The van der Waals surface area contributed by atoms with E-state index in [9.17, 15) is 0 Å². The number of anilines is 1. The lowest BCUT2D eigenvalue weighted by Crippen LogP contribution is -2.26. The lowest BCUT2D eigenvalue weighted by atomic mass is 10.2. The Morgan fingerprint density at radius 2 is 1.80 bits per heavy atom. The molecule has 0 saturated heterocycles.